The molecule has 0 saturated carbocycles. The molecule has 1 aliphatic heterocycles. The topological polar surface area (TPSA) is 37.6 Å². The molecule has 0 radical (unpaired) electrons. The molecule has 0 aliphatic carbocycles. The second-order valence-electron chi connectivity index (χ2n) is 6.77. The molecule has 1 fully saturated rings. The van der Waals surface area contributed by atoms with Crippen LogP contribution in [0.1, 0.15) is 18.2 Å². The van der Waals surface area contributed by atoms with Gasteiger partial charge in [-0.2, -0.15) is 0 Å². The van der Waals surface area contributed by atoms with Crippen LogP contribution in [0.25, 0.3) is 11.8 Å². The zero-order valence-corrected chi connectivity index (χ0v) is 18.8. The second-order valence-corrected chi connectivity index (χ2v) is 8.62. The number of nitrogens with zero attached hydrogens (tertiary/aromatic N) is 3. The van der Waals surface area contributed by atoms with E-state index < -0.39 is 0 Å². The summed E-state index contributed by atoms with van der Waals surface area (Å²) in [4.78, 5) is 19.9. The molecule has 1 aliphatic rings. The van der Waals surface area contributed by atoms with Crippen LogP contribution in [0, 0.1) is 6.92 Å². The number of carbonyl (C=O) groups is 1. The third-order valence-corrected chi connectivity index (χ3v) is 6.41. The van der Waals surface area contributed by atoms with Gasteiger partial charge < -0.3 is 4.57 Å². The number of aliphatic imine (C=N–C) groups is 1. The maximum Gasteiger partial charge on any atom is 0.266 e. The third kappa shape index (κ3) is 4.19. The summed E-state index contributed by atoms with van der Waals surface area (Å²) in [6, 6.07) is 17.1. The molecule has 1 saturated heterocycles. The van der Waals surface area contributed by atoms with Gasteiger partial charge in [-0.25, -0.2) is 4.99 Å². The number of aromatic nitrogens is 1. The van der Waals surface area contributed by atoms with Gasteiger partial charge in [0.2, 0.25) is 0 Å². The fraction of sp³-hybridized carbons (Fsp3) is 0.130. The van der Waals surface area contributed by atoms with Crippen molar-refractivity contribution in [1.29, 1.82) is 0 Å². The van der Waals surface area contributed by atoms with Gasteiger partial charge >= 0.3 is 0 Å². The Morgan fingerprint density at radius 3 is 2.57 bits per heavy atom. The van der Waals surface area contributed by atoms with E-state index >= 15 is 0 Å². The molecule has 0 bridgehead atoms. The van der Waals surface area contributed by atoms with E-state index in [4.69, 9.17) is 23.2 Å². The minimum Gasteiger partial charge on any atom is -0.317 e. The summed E-state index contributed by atoms with van der Waals surface area (Å²) in [5, 5.41) is 2.02. The molecule has 2 heterocycles. The lowest BCUT2D eigenvalue weighted by Gasteiger charge is -2.12. The molecule has 7 heteroatoms. The van der Waals surface area contributed by atoms with Gasteiger partial charge in [-0.05, 0) is 85.8 Å². The molecule has 0 N–H and O–H groups in total. The summed E-state index contributed by atoms with van der Waals surface area (Å²) in [7, 11) is 0. The van der Waals surface area contributed by atoms with E-state index in [9.17, 15) is 4.79 Å². The molecule has 0 spiro atoms. The van der Waals surface area contributed by atoms with Crippen LogP contribution in [0.4, 0.5) is 5.69 Å². The maximum absolute atomic E-state index is 13.0. The summed E-state index contributed by atoms with van der Waals surface area (Å²) in [6.45, 7) is 4.46. The average Bonchev–Trinajstić information content (AvgIpc) is 3.30. The van der Waals surface area contributed by atoms with Gasteiger partial charge in [-0.1, -0.05) is 29.3 Å². The molecule has 0 unspecified atom stereocenters. The van der Waals surface area contributed by atoms with Crippen LogP contribution < -0.4 is 0 Å². The SMILES string of the molecule is CCN1C(=O)/C(=C/c2cccn2-c2ccc(C)c(Cl)c2)SC1=Nc1ccc(Cl)cc1. The number of thioether (sulfide) groups is 1. The summed E-state index contributed by atoms with van der Waals surface area (Å²) >= 11 is 13.6. The highest BCUT2D eigenvalue weighted by atomic mass is 35.5. The Morgan fingerprint density at radius 2 is 1.87 bits per heavy atom. The van der Waals surface area contributed by atoms with Crippen LogP contribution in [0.15, 0.2) is 70.7 Å². The summed E-state index contributed by atoms with van der Waals surface area (Å²) < 4.78 is 2.01. The number of hydrogen-bond acceptors (Lipinski definition) is 3. The molecule has 1 aromatic heterocycles. The standard InChI is InChI=1S/C23H19Cl2N3OS/c1-3-27-22(29)21(30-23(27)26-17-9-7-16(24)8-10-17)14-18-5-4-12-28(18)19-11-6-15(2)20(25)13-19/h4-14H,3H2,1-2H3/b21-14-,26-23?. The van der Waals surface area contributed by atoms with Gasteiger partial charge in [0.15, 0.2) is 5.17 Å². The van der Waals surface area contributed by atoms with Gasteiger partial charge in [-0.15, -0.1) is 0 Å². The Morgan fingerprint density at radius 1 is 1.10 bits per heavy atom. The van der Waals surface area contributed by atoms with Crippen LogP contribution in [0.3, 0.4) is 0 Å². The van der Waals surface area contributed by atoms with E-state index in [0.717, 1.165) is 22.6 Å². The van der Waals surface area contributed by atoms with Crippen LogP contribution in [0.5, 0.6) is 0 Å². The van der Waals surface area contributed by atoms with Crippen molar-refractivity contribution in [1.82, 2.24) is 9.47 Å². The molecular formula is C23H19Cl2N3OS. The first-order chi connectivity index (χ1) is 14.5. The number of rotatable bonds is 4. The highest BCUT2D eigenvalue weighted by Gasteiger charge is 2.32. The normalized spacial score (nSPS) is 16.8. The number of aryl methyl sites for hydroxylation is 1. The predicted molar refractivity (Wildman–Crippen MR) is 127 cm³/mol. The first-order valence-corrected chi connectivity index (χ1v) is 11.0. The van der Waals surface area contributed by atoms with E-state index in [1.807, 2.05) is 73.2 Å². The molecule has 152 valence electrons. The lowest BCUT2D eigenvalue weighted by atomic mass is 10.2. The van der Waals surface area contributed by atoms with Crippen molar-refractivity contribution in [3.63, 3.8) is 0 Å². The Hall–Kier alpha value is -2.47. The number of carbonyl (C=O) groups excluding carboxylic acids is 1. The lowest BCUT2D eigenvalue weighted by Crippen LogP contribution is -2.28. The molecule has 4 rings (SSSR count). The summed E-state index contributed by atoms with van der Waals surface area (Å²) in [6.07, 6.45) is 3.85. The predicted octanol–water partition coefficient (Wildman–Crippen LogP) is 6.72. The Labute approximate surface area is 189 Å². The number of amides is 1. The molecular weight excluding hydrogens is 437 g/mol. The minimum absolute atomic E-state index is 0.0510. The molecule has 0 atom stereocenters. The highest BCUT2D eigenvalue weighted by molar-refractivity contribution is 8.18. The monoisotopic (exact) mass is 455 g/mol. The van der Waals surface area contributed by atoms with Crippen LogP contribution >= 0.6 is 35.0 Å². The zero-order chi connectivity index (χ0) is 21.3. The zero-order valence-electron chi connectivity index (χ0n) is 16.5. The van der Waals surface area contributed by atoms with Crippen molar-refractivity contribution in [2.24, 2.45) is 4.99 Å². The quantitative estimate of drug-likeness (QED) is 0.409. The number of halogens is 2. The maximum atomic E-state index is 13.0. The van der Waals surface area contributed by atoms with E-state index in [-0.39, 0.29) is 5.91 Å². The van der Waals surface area contributed by atoms with Gasteiger partial charge in [0.1, 0.15) is 0 Å². The number of amidine groups is 1. The van der Waals surface area contributed by atoms with Gasteiger partial charge in [0, 0.05) is 34.2 Å². The van der Waals surface area contributed by atoms with Gasteiger partial charge in [0.25, 0.3) is 5.91 Å². The largest absolute Gasteiger partial charge is 0.317 e. The summed E-state index contributed by atoms with van der Waals surface area (Å²) in [5.74, 6) is -0.0510. The van der Waals surface area contributed by atoms with Crippen LogP contribution in [-0.2, 0) is 4.79 Å². The Bertz CT molecular complexity index is 1170. The van der Waals surface area contributed by atoms with Crippen LogP contribution in [-0.4, -0.2) is 27.1 Å². The van der Waals surface area contributed by atoms with Crippen molar-refractivity contribution in [2.45, 2.75) is 13.8 Å². The van der Waals surface area contributed by atoms with Crippen molar-refractivity contribution >= 4 is 57.8 Å². The van der Waals surface area contributed by atoms with Gasteiger partial charge in [0.05, 0.1) is 10.6 Å². The highest BCUT2D eigenvalue weighted by Crippen LogP contribution is 2.34. The second kappa shape index (κ2) is 8.72. The molecule has 3 aromatic rings. The first kappa shape index (κ1) is 20.8. The van der Waals surface area contributed by atoms with E-state index in [1.54, 1.807) is 17.0 Å². The van der Waals surface area contributed by atoms with Crippen molar-refractivity contribution in [2.75, 3.05) is 6.54 Å². The third-order valence-electron chi connectivity index (χ3n) is 4.75. The average molecular weight is 456 g/mol. The number of likely N-dealkylation sites (N-methyl/N-ethyl adjacent to an activating group) is 1. The smallest absolute Gasteiger partial charge is 0.266 e. The van der Waals surface area contributed by atoms with E-state index in [2.05, 4.69) is 4.99 Å². The Balaban J connectivity index is 1.68. The molecule has 2 aromatic carbocycles. The van der Waals surface area contributed by atoms with Crippen molar-refractivity contribution in [3.05, 3.63) is 87.0 Å². The summed E-state index contributed by atoms with van der Waals surface area (Å²) in [5.41, 5.74) is 3.62. The lowest BCUT2D eigenvalue weighted by molar-refractivity contribution is -0.122. The fourth-order valence-electron chi connectivity index (χ4n) is 3.11. The number of hydrogen-bond donors (Lipinski definition) is 0. The molecule has 4 nitrogen and oxygen atoms in total. The first-order valence-electron chi connectivity index (χ1n) is 9.46. The van der Waals surface area contributed by atoms with E-state index in [0.29, 0.717) is 26.7 Å². The Kier molecular flexibility index (Phi) is 6.04. The van der Waals surface area contributed by atoms with E-state index in [1.165, 1.54) is 11.8 Å². The number of benzene rings is 2. The minimum atomic E-state index is -0.0510. The van der Waals surface area contributed by atoms with Crippen LogP contribution in [0.2, 0.25) is 10.0 Å². The van der Waals surface area contributed by atoms with Crippen molar-refractivity contribution < 1.29 is 4.79 Å². The fourth-order valence-corrected chi connectivity index (χ4v) is 4.46. The molecule has 30 heavy (non-hydrogen) atoms. The van der Waals surface area contributed by atoms with Gasteiger partial charge in [-0.3, -0.25) is 9.69 Å². The van der Waals surface area contributed by atoms with Crippen molar-refractivity contribution in [3.8, 4) is 5.69 Å². The molecule has 1 amide bonds.